The summed E-state index contributed by atoms with van der Waals surface area (Å²) in [6.07, 6.45) is 6.65. The van der Waals surface area contributed by atoms with Crippen molar-refractivity contribution in [2.24, 2.45) is 28.9 Å². The fourth-order valence-electron chi connectivity index (χ4n) is 7.57. The van der Waals surface area contributed by atoms with Crippen LogP contribution in [0.25, 0.3) is 5.57 Å². The van der Waals surface area contributed by atoms with E-state index in [1.165, 1.54) is 44.4 Å². The lowest BCUT2D eigenvalue weighted by molar-refractivity contribution is -0.141. The second-order valence-corrected chi connectivity index (χ2v) is 19.9. The Morgan fingerprint density at radius 1 is 1.01 bits per heavy atom. The van der Waals surface area contributed by atoms with Gasteiger partial charge in [0.2, 0.25) is 5.91 Å². The number of hydrogen-bond donors (Lipinski definition) is 3. The van der Waals surface area contributed by atoms with Crippen LogP contribution in [0.15, 0.2) is 66.2 Å². The molecular weight excluding hydrogens is 921 g/mol. The molecule has 3 rings (SSSR count). The molecule has 4 N–H and O–H groups in total. The molecule has 9 nitrogen and oxygen atoms in total. The van der Waals surface area contributed by atoms with Crippen molar-refractivity contribution < 1.29 is 50.5 Å². The number of ketones is 1. The number of carbonyl (C=O) groups excluding carboxylic acids is 3. The van der Waals surface area contributed by atoms with Crippen molar-refractivity contribution in [2.75, 3.05) is 0 Å². The number of aldehydes is 1. The highest BCUT2D eigenvalue weighted by molar-refractivity contribution is 6.47. The average Bonchev–Trinajstić information content (AvgIpc) is 3.85. The first-order valence-electron chi connectivity index (χ1n) is 25.0. The Hall–Kier alpha value is -4.44. The van der Waals surface area contributed by atoms with Gasteiger partial charge in [0.25, 0.3) is 6.43 Å². The van der Waals surface area contributed by atoms with Crippen LogP contribution >= 0.6 is 0 Å². The lowest BCUT2D eigenvalue weighted by Gasteiger charge is -2.37. The van der Waals surface area contributed by atoms with Gasteiger partial charge in [-0.05, 0) is 134 Å². The van der Waals surface area contributed by atoms with Gasteiger partial charge in [0, 0.05) is 22.8 Å². The number of amides is 1. The minimum atomic E-state index is -4.67. The van der Waals surface area contributed by atoms with Crippen LogP contribution < -0.4 is 16.5 Å². The minimum Gasteiger partial charge on any atom is -0.427 e. The number of aromatic nitrogens is 2. The number of alkyl halides is 5. The maximum Gasteiger partial charge on any atom is 0.435 e. The topological polar surface area (TPSA) is 137 Å². The first-order valence-corrected chi connectivity index (χ1v) is 25.0. The number of Topliss-reactive ketones (excluding diaryl/α,β-unsaturated/α-hetero) is 1. The lowest BCUT2D eigenvalue weighted by atomic mass is 9.79. The van der Waals surface area contributed by atoms with Gasteiger partial charge < -0.3 is 25.6 Å². The van der Waals surface area contributed by atoms with E-state index in [-0.39, 0.29) is 47.2 Å². The van der Waals surface area contributed by atoms with Crippen LogP contribution in [-0.4, -0.2) is 57.1 Å². The van der Waals surface area contributed by atoms with Gasteiger partial charge in [0.05, 0.1) is 34.8 Å². The zero-order valence-corrected chi connectivity index (χ0v) is 45.7. The average molecular weight is 1010 g/mol. The van der Waals surface area contributed by atoms with Crippen molar-refractivity contribution in [3.05, 3.63) is 88.7 Å². The second-order valence-electron chi connectivity index (χ2n) is 19.9. The summed E-state index contributed by atoms with van der Waals surface area (Å²) in [5.41, 5.74) is 3.48. The summed E-state index contributed by atoms with van der Waals surface area (Å²) < 4.78 is 89.3. The Morgan fingerprint density at radius 3 is 2.07 bits per heavy atom. The summed E-state index contributed by atoms with van der Waals surface area (Å²) in [4.78, 5) is 34.8. The van der Waals surface area contributed by atoms with Crippen molar-refractivity contribution in [2.45, 2.75) is 204 Å². The molecule has 1 saturated carbocycles. The number of nitrogens with one attached hydrogen (secondary N) is 1. The number of benzene rings is 1. The van der Waals surface area contributed by atoms with E-state index >= 15 is 0 Å². The number of hydrogen-bond acceptors (Lipinski definition) is 7. The van der Waals surface area contributed by atoms with E-state index < -0.39 is 52.2 Å². The minimum absolute atomic E-state index is 0.00778. The van der Waals surface area contributed by atoms with E-state index in [1.807, 2.05) is 67.5 Å². The van der Waals surface area contributed by atoms with Gasteiger partial charge in [-0.3, -0.25) is 14.3 Å². The number of halogens is 6. The molecule has 1 aliphatic rings. The molecule has 1 fully saturated rings. The highest BCUT2D eigenvalue weighted by Crippen LogP contribution is 2.64. The molecule has 401 valence electrons. The van der Waals surface area contributed by atoms with Gasteiger partial charge in [0.1, 0.15) is 12.1 Å². The van der Waals surface area contributed by atoms with Gasteiger partial charge in [-0.15, -0.1) is 0 Å². The zero-order valence-electron chi connectivity index (χ0n) is 45.7. The van der Waals surface area contributed by atoms with Crippen LogP contribution in [0.3, 0.4) is 0 Å². The number of carbonyl (C=O) groups is 3. The zero-order chi connectivity index (χ0) is 55.3. The third-order valence-corrected chi connectivity index (χ3v) is 12.6. The first-order chi connectivity index (χ1) is 32.8. The van der Waals surface area contributed by atoms with E-state index in [0.29, 0.717) is 29.4 Å². The predicted molar refractivity (Wildman–Crippen MR) is 278 cm³/mol. The Morgan fingerprint density at radius 2 is 1.61 bits per heavy atom. The fraction of sp³-hybridized carbons (Fsp3) is 0.636. The maximum atomic E-state index is 13.9. The molecular formula is C55H86BF6N4O5. The summed E-state index contributed by atoms with van der Waals surface area (Å²) in [6, 6.07) is 5.85. The molecule has 71 heavy (non-hydrogen) atoms. The van der Waals surface area contributed by atoms with Crippen molar-refractivity contribution in [1.29, 1.82) is 0 Å². The molecule has 0 spiro atoms. The molecule has 1 heterocycles. The standard InChI is InChI=1S/C27H40F4N4O.C24H36BF2O3.C2H4O.C2H6/c1-8-10-11-21(16-32)13-19(4)25(36)33-26(6,7)17-35-23(15-24(34-35)27(29,30)31)22(14-20(5)28)12-18(3)9-2;1-8-12-24(20(28)15(3)9-2)14-19(24)17-11-10-16(13-18(17)21(26)27)25-30-23(6,7)22(4,5)29;1-2-3;1-2/h10-12,14-16,18-19H,8-9,13,17,32H2,1-7H3,(H,33,36);10-11,13,15,19,21,29H,8-9,12,14H2,1-7H3;2H,1H3;1-2H3/b11-10+,20-14+,21-16+,22-12+;;;. The van der Waals surface area contributed by atoms with Crippen molar-refractivity contribution in [1.82, 2.24) is 15.1 Å². The second kappa shape index (κ2) is 29.9. The quantitative estimate of drug-likeness (QED) is 0.0436. The fourth-order valence-corrected chi connectivity index (χ4v) is 7.57. The lowest BCUT2D eigenvalue weighted by Crippen LogP contribution is -2.49. The van der Waals surface area contributed by atoms with Crippen molar-refractivity contribution in [3.63, 3.8) is 0 Å². The molecule has 0 bridgehead atoms. The van der Waals surface area contributed by atoms with Gasteiger partial charge in [-0.25, -0.2) is 13.2 Å². The van der Waals surface area contributed by atoms with E-state index in [1.54, 1.807) is 66.7 Å². The van der Waals surface area contributed by atoms with Crippen LogP contribution in [0.1, 0.15) is 198 Å². The SMILES string of the molecule is CC.CC/C=C/C(=C\N)CC(C)C(=O)NC(C)(C)Cn1nc(C(F)(F)F)cc1C(/C=C(\C)F)=C/C(C)CC.CC=O.CCCC1(C(=O)C(C)CC)CC1c1ccc([B]OC(C)(C)C(C)(C)O)cc1C(F)F. The van der Waals surface area contributed by atoms with Crippen LogP contribution in [0.4, 0.5) is 26.3 Å². The van der Waals surface area contributed by atoms with Crippen molar-refractivity contribution >= 4 is 36.5 Å². The normalized spacial score (nSPS) is 18.0. The van der Waals surface area contributed by atoms with Gasteiger partial charge in [-0.1, -0.05) is 117 Å². The molecule has 1 aromatic carbocycles. The molecule has 1 aromatic heterocycles. The Bertz CT molecular complexity index is 2100. The van der Waals surface area contributed by atoms with E-state index in [0.717, 1.165) is 50.0 Å². The first kappa shape index (κ1) is 66.6. The van der Waals surface area contributed by atoms with Gasteiger partial charge in [0.15, 0.2) is 5.69 Å². The summed E-state index contributed by atoms with van der Waals surface area (Å²) >= 11 is 0. The summed E-state index contributed by atoms with van der Waals surface area (Å²) in [5, 5.41) is 16.9. The molecule has 1 radical (unpaired) electrons. The summed E-state index contributed by atoms with van der Waals surface area (Å²) in [6.45, 7) is 30.4. The van der Waals surface area contributed by atoms with Crippen molar-refractivity contribution in [3.8, 4) is 0 Å². The molecule has 0 saturated heterocycles. The van der Waals surface area contributed by atoms with Crippen LogP contribution in [0.2, 0.25) is 0 Å². The number of allylic oxidation sites excluding steroid dienone is 7. The van der Waals surface area contributed by atoms with Gasteiger partial charge >= 0.3 is 13.7 Å². The van der Waals surface area contributed by atoms with Crippen LogP contribution in [-0.2, 0) is 31.8 Å². The predicted octanol–water partition coefficient (Wildman–Crippen LogP) is 13.5. The third-order valence-electron chi connectivity index (χ3n) is 12.6. The molecule has 5 atom stereocenters. The highest BCUT2D eigenvalue weighted by atomic mass is 19.4. The number of rotatable bonds is 23. The van der Waals surface area contributed by atoms with E-state index in [2.05, 4.69) is 10.4 Å². The molecule has 1 amide bonds. The largest absolute Gasteiger partial charge is 0.435 e. The molecule has 2 aromatic rings. The molecule has 16 heteroatoms. The number of nitrogens with two attached hydrogens (primary N) is 1. The molecule has 0 aliphatic heterocycles. The van der Waals surface area contributed by atoms with Crippen LogP contribution in [0.5, 0.6) is 0 Å². The Kier molecular flexibility index (Phi) is 28.1. The van der Waals surface area contributed by atoms with E-state index in [4.69, 9.17) is 15.2 Å². The highest BCUT2D eigenvalue weighted by Gasteiger charge is 2.60. The summed E-state index contributed by atoms with van der Waals surface area (Å²) in [7, 11) is 1.42. The number of nitrogens with zero attached hydrogens (tertiary/aromatic N) is 2. The maximum absolute atomic E-state index is 13.9. The van der Waals surface area contributed by atoms with Crippen LogP contribution in [0, 0.1) is 23.2 Å². The van der Waals surface area contributed by atoms with Gasteiger partial charge in [-0.2, -0.15) is 18.3 Å². The van der Waals surface area contributed by atoms with E-state index in [9.17, 15) is 41.0 Å². The summed E-state index contributed by atoms with van der Waals surface area (Å²) in [5.74, 6) is -1.19. The smallest absolute Gasteiger partial charge is 0.427 e. The Labute approximate surface area is 422 Å². The third kappa shape index (κ3) is 20.9. The monoisotopic (exact) mass is 1010 g/mol. The number of aliphatic hydroxyl groups is 1. The molecule has 5 unspecified atom stereocenters. The molecule has 1 aliphatic carbocycles. The Balaban J connectivity index is 0.00000128.